The Morgan fingerprint density at radius 1 is 0.556 bits per heavy atom. The van der Waals surface area contributed by atoms with Crippen LogP contribution in [0.4, 0.5) is 52.7 Å². The van der Waals surface area contributed by atoms with Crippen molar-refractivity contribution in [2.75, 3.05) is 59.3 Å². The number of carbonyl (C=O) groups is 3. The van der Waals surface area contributed by atoms with E-state index in [2.05, 4.69) is 0 Å². The van der Waals surface area contributed by atoms with Crippen LogP contribution in [0, 0.1) is 0 Å². The summed E-state index contributed by atoms with van der Waals surface area (Å²) in [6.45, 7) is 0.703. The monoisotopic (exact) mass is 927 g/mol. The van der Waals surface area contributed by atoms with Crippen molar-refractivity contribution in [3.05, 3.63) is 58.7 Å². The van der Waals surface area contributed by atoms with Gasteiger partial charge in [0.05, 0.1) is 55.2 Å². The van der Waals surface area contributed by atoms with Crippen molar-refractivity contribution in [3.8, 4) is 11.5 Å². The van der Waals surface area contributed by atoms with Gasteiger partial charge in [-0.25, -0.2) is 0 Å². The summed E-state index contributed by atoms with van der Waals surface area (Å²) in [5, 5.41) is 0. The molecule has 0 aromatic heterocycles. The normalized spacial score (nSPS) is 14.5. The Hall–Kier alpha value is -4.47. The van der Waals surface area contributed by atoms with Gasteiger partial charge in [-0.2, -0.15) is 52.7 Å². The highest BCUT2D eigenvalue weighted by atomic mass is 19.4. The van der Waals surface area contributed by atoms with E-state index in [0.717, 1.165) is 0 Å². The number of hydrogen-bond acceptors (Lipinski definition) is 10. The molecule has 0 N–H and O–H groups in total. The van der Waals surface area contributed by atoms with Crippen molar-refractivity contribution >= 4 is 17.9 Å². The van der Waals surface area contributed by atoms with Gasteiger partial charge in [0.2, 0.25) is 0 Å². The molecule has 1 fully saturated rings. The van der Waals surface area contributed by atoms with E-state index >= 15 is 0 Å². The summed E-state index contributed by atoms with van der Waals surface area (Å²) < 4.78 is 189. The number of morpholine rings is 1. The molecule has 1 heterocycles. The molecule has 0 saturated carbocycles. The fourth-order valence-corrected chi connectivity index (χ4v) is 6.03. The molecule has 0 radical (unpaired) electrons. The van der Waals surface area contributed by atoms with E-state index in [-0.39, 0.29) is 51.2 Å². The maximum Gasteiger partial charge on any atom is 0.419 e. The highest BCUT2D eigenvalue weighted by Crippen LogP contribution is 2.41. The van der Waals surface area contributed by atoms with E-state index in [0.29, 0.717) is 108 Å². The number of halogens is 12. The molecule has 2 aromatic carbocycles. The number of unbranched alkanes of at least 4 members (excludes halogenated alkanes) is 8. The SMILES string of the molecule is O=C(CCCCCCCOc1cc(C(F)(F)F)cc(C(F)(F)F)c1)OCC(COC(=O)CN1CCOCC1)OC(=O)CCCCCCCOc1ccc(C(F)(F)F)cc1C(F)(F)F. The Morgan fingerprint density at radius 2 is 1.05 bits per heavy atom. The third-order valence-corrected chi connectivity index (χ3v) is 9.37. The van der Waals surface area contributed by atoms with Crippen LogP contribution >= 0.6 is 0 Å². The zero-order chi connectivity index (χ0) is 46.7. The lowest BCUT2D eigenvalue weighted by Gasteiger charge is -2.25. The van der Waals surface area contributed by atoms with Gasteiger partial charge in [-0.3, -0.25) is 19.3 Å². The van der Waals surface area contributed by atoms with Crippen molar-refractivity contribution in [2.45, 2.75) is 108 Å². The fraction of sp³-hybridized carbons (Fsp3) is 0.634. The van der Waals surface area contributed by atoms with Crippen LogP contribution in [0.15, 0.2) is 36.4 Å². The van der Waals surface area contributed by atoms with E-state index in [4.69, 9.17) is 28.4 Å². The van der Waals surface area contributed by atoms with Gasteiger partial charge < -0.3 is 28.4 Å². The van der Waals surface area contributed by atoms with E-state index in [1.165, 1.54) is 0 Å². The summed E-state index contributed by atoms with van der Waals surface area (Å²) in [6, 6.07) is 2.14. The first-order chi connectivity index (χ1) is 29.5. The predicted molar refractivity (Wildman–Crippen MR) is 198 cm³/mol. The van der Waals surface area contributed by atoms with Crippen molar-refractivity contribution in [3.63, 3.8) is 0 Å². The number of benzene rings is 2. The summed E-state index contributed by atoms with van der Waals surface area (Å²) in [7, 11) is 0. The summed E-state index contributed by atoms with van der Waals surface area (Å²) in [5.41, 5.74) is -5.96. The van der Waals surface area contributed by atoms with Crippen molar-refractivity contribution in [1.29, 1.82) is 0 Å². The molecule has 1 aliphatic heterocycles. The Balaban J connectivity index is 1.36. The molecule has 3 rings (SSSR count). The highest BCUT2D eigenvalue weighted by Gasteiger charge is 2.39. The highest BCUT2D eigenvalue weighted by molar-refractivity contribution is 5.72. The molecule has 0 aliphatic carbocycles. The molecule has 1 unspecified atom stereocenters. The second kappa shape index (κ2) is 25.1. The molecule has 22 heteroatoms. The van der Waals surface area contributed by atoms with E-state index < -0.39 is 95.7 Å². The Labute approximate surface area is 355 Å². The van der Waals surface area contributed by atoms with Gasteiger partial charge in [-0.05, 0) is 62.1 Å². The average Bonchev–Trinajstić information content (AvgIpc) is 3.19. The number of alkyl halides is 12. The number of nitrogens with zero attached hydrogens (tertiary/aromatic N) is 1. The topological polar surface area (TPSA) is 110 Å². The molecule has 356 valence electrons. The van der Waals surface area contributed by atoms with Gasteiger partial charge >= 0.3 is 42.6 Å². The zero-order valence-electron chi connectivity index (χ0n) is 34.0. The lowest BCUT2D eigenvalue weighted by Crippen LogP contribution is -2.41. The molecule has 0 bridgehead atoms. The van der Waals surface area contributed by atoms with Crippen LogP contribution in [0.5, 0.6) is 11.5 Å². The minimum atomic E-state index is -5.06. The van der Waals surface area contributed by atoms with Crippen molar-refractivity contribution in [2.24, 2.45) is 0 Å². The average molecular weight is 928 g/mol. The summed E-state index contributed by atoms with van der Waals surface area (Å²) in [4.78, 5) is 39.4. The van der Waals surface area contributed by atoms with Crippen molar-refractivity contribution in [1.82, 2.24) is 4.90 Å². The van der Waals surface area contributed by atoms with Gasteiger partial charge in [-0.1, -0.05) is 38.5 Å². The quantitative estimate of drug-likeness (QED) is 0.0413. The van der Waals surface area contributed by atoms with Crippen LogP contribution in [0.2, 0.25) is 0 Å². The van der Waals surface area contributed by atoms with Crippen LogP contribution in [-0.2, 0) is 58.0 Å². The second-order valence-corrected chi connectivity index (χ2v) is 14.5. The predicted octanol–water partition coefficient (Wildman–Crippen LogP) is 10.2. The third kappa shape index (κ3) is 20.7. The lowest BCUT2D eigenvalue weighted by molar-refractivity contribution is -0.167. The molecule has 1 saturated heterocycles. The van der Waals surface area contributed by atoms with E-state index in [1.54, 1.807) is 0 Å². The van der Waals surface area contributed by atoms with Gasteiger partial charge in [0.25, 0.3) is 0 Å². The minimum absolute atomic E-state index is 0.00265. The number of carbonyl (C=O) groups excluding carboxylic acids is 3. The van der Waals surface area contributed by atoms with E-state index in [9.17, 15) is 67.1 Å². The first-order valence-electron chi connectivity index (χ1n) is 20.2. The number of rotatable bonds is 25. The largest absolute Gasteiger partial charge is 0.494 e. The van der Waals surface area contributed by atoms with Crippen LogP contribution in [0.3, 0.4) is 0 Å². The van der Waals surface area contributed by atoms with Gasteiger partial charge in [0.1, 0.15) is 24.7 Å². The molecular weight excluding hydrogens is 878 g/mol. The third-order valence-electron chi connectivity index (χ3n) is 9.37. The first kappa shape index (κ1) is 52.9. The maximum atomic E-state index is 13.3. The lowest BCUT2D eigenvalue weighted by atomic mass is 10.1. The molecule has 1 atom stereocenters. The Kier molecular flexibility index (Phi) is 21.1. The fourth-order valence-electron chi connectivity index (χ4n) is 6.03. The van der Waals surface area contributed by atoms with Crippen LogP contribution in [-0.4, -0.2) is 88.2 Å². The smallest absolute Gasteiger partial charge is 0.419 e. The standard InChI is InChI=1S/C41H49F12NO9/c42-38(43,44)28-13-14-34(33(24-28)41(51,52)53)60-18-10-6-2-4-8-12-36(56)63-32(27-62-37(57)25-54-15-19-58-20-16-54)26-61-35(55)11-7-3-1-5-9-17-59-31-22-29(39(45,46)47)21-30(23-31)40(48,49)50/h13-14,21-24,32H,1-12,15-20,25-27H2. The summed E-state index contributed by atoms with van der Waals surface area (Å²) in [5.74, 6) is -3.20. The van der Waals surface area contributed by atoms with Crippen LogP contribution in [0.1, 0.15) is 99.3 Å². The Bertz CT molecular complexity index is 1690. The molecule has 0 spiro atoms. The molecule has 2 aromatic rings. The molecule has 0 amide bonds. The summed E-state index contributed by atoms with van der Waals surface area (Å²) >= 11 is 0. The maximum absolute atomic E-state index is 13.3. The minimum Gasteiger partial charge on any atom is -0.494 e. The van der Waals surface area contributed by atoms with Crippen LogP contribution < -0.4 is 9.47 Å². The van der Waals surface area contributed by atoms with Crippen LogP contribution in [0.25, 0.3) is 0 Å². The summed E-state index contributed by atoms with van der Waals surface area (Å²) in [6.07, 6.45) is -16.8. The molecular formula is C41H49F12NO9. The van der Waals surface area contributed by atoms with Gasteiger partial charge in [0, 0.05) is 25.9 Å². The molecule has 1 aliphatic rings. The Morgan fingerprint density at radius 3 is 1.59 bits per heavy atom. The second-order valence-electron chi connectivity index (χ2n) is 14.5. The molecule has 63 heavy (non-hydrogen) atoms. The van der Waals surface area contributed by atoms with Gasteiger partial charge in [-0.15, -0.1) is 0 Å². The number of ether oxygens (including phenoxy) is 6. The number of hydrogen-bond donors (Lipinski definition) is 0. The molecule has 10 nitrogen and oxygen atoms in total. The zero-order valence-corrected chi connectivity index (χ0v) is 34.0. The van der Waals surface area contributed by atoms with E-state index in [1.807, 2.05) is 4.90 Å². The van der Waals surface area contributed by atoms with Crippen molar-refractivity contribution < 1.29 is 95.5 Å². The van der Waals surface area contributed by atoms with Gasteiger partial charge in [0.15, 0.2) is 6.10 Å². The number of esters is 3. The first-order valence-corrected chi connectivity index (χ1v) is 20.2.